The summed E-state index contributed by atoms with van der Waals surface area (Å²) in [7, 11) is 1.30. The summed E-state index contributed by atoms with van der Waals surface area (Å²) in [5.74, 6) is -1.22. The van der Waals surface area contributed by atoms with Crippen molar-refractivity contribution < 1.29 is 23.9 Å². The monoisotopic (exact) mass is 273 g/mol. The van der Waals surface area contributed by atoms with Crippen LogP contribution in [0.5, 0.6) is 0 Å². The van der Waals surface area contributed by atoms with Gasteiger partial charge in [0.25, 0.3) is 5.91 Å². The maximum Gasteiger partial charge on any atom is 0.409 e. The van der Waals surface area contributed by atoms with E-state index in [0.29, 0.717) is 26.2 Å². The third kappa shape index (κ3) is 3.82. The number of ether oxygens (including phenoxy) is 2. The lowest BCUT2D eigenvalue weighted by molar-refractivity contribution is -0.151. The lowest BCUT2D eigenvalue weighted by Crippen LogP contribution is -2.56. The Hall–Kier alpha value is -1.83. The molecule has 8 nitrogen and oxygen atoms in total. The van der Waals surface area contributed by atoms with Crippen LogP contribution in [0.4, 0.5) is 4.79 Å². The first kappa shape index (κ1) is 15.2. The molecule has 1 heterocycles. The molecular formula is C11H19N3O5. The summed E-state index contributed by atoms with van der Waals surface area (Å²) < 4.78 is 9.28. The van der Waals surface area contributed by atoms with Crippen LogP contribution >= 0.6 is 0 Å². The van der Waals surface area contributed by atoms with Crippen LogP contribution in [0.2, 0.25) is 0 Å². The van der Waals surface area contributed by atoms with Crippen molar-refractivity contribution in [2.75, 3.05) is 39.9 Å². The van der Waals surface area contributed by atoms with Gasteiger partial charge in [-0.25, -0.2) is 9.59 Å². The molecule has 0 aromatic carbocycles. The molecule has 1 rings (SSSR count). The molecule has 1 fully saturated rings. The van der Waals surface area contributed by atoms with Crippen LogP contribution in [0, 0.1) is 0 Å². The van der Waals surface area contributed by atoms with Crippen molar-refractivity contribution >= 4 is 18.0 Å². The SMILES string of the molecule is CCOC(=O)C(N)C(=O)N1CCN(C(=O)OC)CC1. The van der Waals surface area contributed by atoms with E-state index in [4.69, 9.17) is 10.5 Å². The summed E-state index contributed by atoms with van der Waals surface area (Å²) in [5.41, 5.74) is 5.53. The van der Waals surface area contributed by atoms with Gasteiger partial charge in [-0.1, -0.05) is 0 Å². The molecule has 1 aliphatic rings. The molecule has 1 unspecified atom stereocenters. The van der Waals surface area contributed by atoms with E-state index in [1.807, 2.05) is 0 Å². The Labute approximate surface area is 111 Å². The average Bonchev–Trinajstić information content (AvgIpc) is 2.45. The van der Waals surface area contributed by atoms with E-state index in [2.05, 4.69) is 4.74 Å². The molecule has 0 aliphatic carbocycles. The number of hydrogen-bond donors (Lipinski definition) is 1. The number of hydrogen-bond acceptors (Lipinski definition) is 6. The Balaban J connectivity index is 2.48. The molecule has 8 heteroatoms. The lowest BCUT2D eigenvalue weighted by Gasteiger charge is -2.34. The summed E-state index contributed by atoms with van der Waals surface area (Å²) in [6, 6.07) is -1.30. The van der Waals surface area contributed by atoms with E-state index >= 15 is 0 Å². The average molecular weight is 273 g/mol. The highest BCUT2D eigenvalue weighted by atomic mass is 16.5. The first-order chi connectivity index (χ1) is 9.01. The Morgan fingerprint density at radius 1 is 1.16 bits per heavy atom. The highest BCUT2D eigenvalue weighted by Gasteiger charge is 2.31. The lowest BCUT2D eigenvalue weighted by atomic mass is 10.2. The van der Waals surface area contributed by atoms with Crippen LogP contribution in [0.15, 0.2) is 0 Å². The number of esters is 1. The van der Waals surface area contributed by atoms with E-state index < -0.39 is 24.0 Å². The predicted octanol–water partition coefficient (Wildman–Crippen LogP) is -1.21. The van der Waals surface area contributed by atoms with Gasteiger partial charge in [0.15, 0.2) is 6.04 Å². The Bertz CT molecular complexity index is 352. The van der Waals surface area contributed by atoms with Gasteiger partial charge in [0.1, 0.15) is 0 Å². The van der Waals surface area contributed by atoms with Gasteiger partial charge < -0.3 is 25.0 Å². The van der Waals surface area contributed by atoms with Crippen LogP contribution in [0.1, 0.15) is 6.92 Å². The second-order valence-electron chi connectivity index (χ2n) is 4.01. The van der Waals surface area contributed by atoms with Gasteiger partial charge in [-0.2, -0.15) is 0 Å². The first-order valence-corrected chi connectivity index (χ1v) is 6.05. The molecule has 0 spiro atoms. The quantitative estimate of drug-likeness (QED) is 0.511. The molecule has 1 saturated heterocycles. The van der Waals surface area contributed by atoms with Gasteiger partial charge in [-0.3, -0.25) is 4.79 Å². The topological polar surface area (TPSA) is 102 Å². The minimum atomic E-state index is -1.30. The van der Waals surface area contributed by atoms with Gasteiger partial charge in [0, 0.05) is 26.2 Å². The van der Waals surface area contributed by atoms with E-state index in [0.717, 1.165) is 0 Å². The van der Waals surface area contributed by atoms with Crippen LogP contribution < -0.4 is 5.73 Å². The van der Waals surface area contributed by atoms with E-state index in [9.17, 15) is 14.4 Å². The molecule has 1 atom stereocenters. The van der Waals surface area contributed by atoms with Gasteiger partial charge in [0.05, 0.1) is 13.7 Å². The number of carbonyl (C=O) groups is 3. The Morgan fingerprint density at radius 3 is 2.16 bits per heavy atom. The molecule has 2 amide bonds. The molecule has 0 aromatic heterocycles. The molecule has 2 N–H and O–H groups in total. The number of carbonyl (C=O) groups excluding carboxylic acids is 3. The summed E-state index contributed by atoms with van der Waals surface area (Å²) >= 11 is 0. The third-order valence-electron chi connectivity index (χ3n) is 2.83. The number of methoxy groups -OCH3 is 1. The normalized spacial score (nSPS) is 16.8. The van der Waals surface area contributed by atoms with Crippen molar-refractivity contribution in [1.29, 1.82) is 0 Å². The number of rotatable bonds is 3. The summed E-state index contributed by atoms with van der Waals surface area (Å²) in [6.45, 7) is 3.17. The summed E-state index contributed by atoms with van der Waals surface area (Å²) in [4.78, 5) is 37.5. The van der Waals surface area contributed by atoms with Crippen molar-refractivity contribution in [1.82, 2.24) is 9.80 Å². The van der Waals surface area contributed by atoms with Crippen LogP contribution in [-0.4, -0.2) is 73.7 Å². The molecule has 0 radical (unpaired) electrons. The standard InChI is InChI=1S/C11H19N3O5/c1-3-19-10(16)8(12)9(15)13-4-6-14(7-5-13)11(17)18-2/h8H,3-7,12H2,1-2H3. The van der Waals surface area contributed by atoms with Gasteiger partial charge in [-0.05, 0) is 6.92 Å². The molecule has 19 heavy (non-hydrogen) atoms. The fourth-order valence-electron chi connectivity index (χ4n) is 1.77. The zero-order valence-electron chi connectivity index (χ0n) is 11.1. The van der Waals surface area contributed by atoms with Crippen molar-refractivity contribution in [3.05, 3.63) is 0 Å². The fraction of sp³-hybridized carbons (Fsp3) is 0.727. The van der Waals surface area contributed by atoms with Crippen molar-refractivity contribution in [2.45, 2.75) is 13.0 Å². The largest absolute Gasteiger partial charge is 0.464 e. The summed E-state index contributed by atoms with van der Waals surface area (Å²) in [6.07, 6.45) is -0.429. The number of nitrogens with two attached hydrogens (primary N) is 1. The van der Waals surface area contributed by atoms with E-state index in [-0.39, 0.29) is 6.61 Å². The zero-order chi connectivity index (χ0) is 14.4. The second-order valence-corrected chi connectivity index (χ2v) is 4.01. The minimum absolute atomic E-state index is 0.177. The van der Waals surface area contributed by atoms with Crippen LogP contribution in [0.25, 0.3) is 0 Å². The highest BCUT2D eigenvalue weighted by Crippen LogP contribution is 2.05. The first-order valence-electron chi connectivity index (χ1n) is 6.05. The number of amides is 2. The van der Waals surface area contributed by atoms with Crippen molar-refractivity contribution in [2.24, 2.45) is 5.73 Å². The Kier molecular flexibility index (Phi) is 5.56. The van der Waals surface area contributed by atoms with Gasteiger partial charge in [0.2, 0.25) is 0 Å². The smallest absolute Gasteiger partial charge is 0.409 e. The van der Waals surface area contributed by atoms with Crippen molar-refractivity contribution in [3.63, 3.8) is 0 Å². The zero-order valence-corrected chi connectivity index (χ0v) is 11.1. The minimum Gasteiger partial charge on any atom is -0.464 e. The van der Waals surface area contributed by atoms with Crippen molar-refractivity contribution in [3.8, 4) is 0 Å². The van der Waals surface area contributed by atoms with E-state index in [1.165, 1.54) is 16.9 Å². The second kappa shape index (κ2) is 6.93. The highest BCUT2D eigenvalue weighted by molar-refractivity contribution is 6.01. The van der Waals surface area contributed by atoms with Gasteiger partial charge in [-0.15, -0.1) is 0 Å². The molecule has 1 aliphatic heterocycles. The maximum atomic E-state index is 11.9. The number of piperazine rings is 1. The summed E-state index contributed by atoms with van der Waals surface area (Å²) in [5, 5.41) is 0. The predicted molar refractivity (Wildman–Crippen MR) is 65.2 cm³/mol. The third-order valence-corrected chi connectivity index (χ3v) is 2.83. The molecule has 0 saturated carbocycles. The van der Waals surface area contributed by atoms with Gasteiger partial charge >= 0.3 is 12.1 Å². The molecular weight excluding hydrogens is 254 g/mol. The molecule has 108 valence electrons. The number of nitrogens with zero attached hydrogens (tertiary/aromatic N) is 2. The molecule has 0 bridgehead atoms. The maximum absolute atomic E-state index is 11.9. The van der Waals surface area contributed by atoms with Crippen LogP contribution in [-0.2, 0) is 19.1 Å². The van der Waals surface area contributed by atoms with Crippen LogP contribution in [0.3, 0.4) is 0 Å². The Morgan fingerprint density at radius 2 is 1.68 bits per heavy atom. The van der Waals surface area contributed by atoms with E-state index in [1.54, 1.807) is 6.92 Å². The fourth-order valence-corrected chi connectivity index (χ4v) is 1.77. The molecule has 0 aromatic rings.